The average Bonchev–Trinajstić information content (AvgIpc) is 2.92. The van der Waals surface area contributed by atoms with Gasteiger partial charge in [-0.25, -0.2) is 0 Å². The summed E-state index contributed by atoms with van der Waals surface area (Å²) >= 11 is 5.39. The van der Waals surface area contributed by atoms with Crippen molar-refractivity contribution in [2.24, 2.45) is 5.41 Å². The van der Waals surface area contributed by atoms with Crippen LogP contribution in [0.15, 0.2) is 36.1 Å². The van der Waals surface area contributed by atoms with Crippen LogP contribution >= 0.6 is 22.9 Å². The molecule has 0 fully saturated rings. The van der Waals surface area contributed by atoms with Crippen LogP contribution in [0.25, 0.3) is 0 Å². The molecule has 0 unspecified atom stereocenters. The highest BCUT2D eigenvalue weighted by Crippen LogP contribution is 2.36. The molecule has 0 radical (unpaired) electrons. The summed E-state index contributed by atoms with van der Waals surface area (Å²) in [6.45, 7) is 7.52. The van der Waals surface area contributed by atoms with Crippen molar-refractivity contribution in [2.75, 3.05) is 6.61 Å². The van der Waals surface area contributed by atoms with Crippen molar-refractivity contribution in [1.29, 1.82) is 0 Å². The fraction of sp³-hybridized carbons (Fsp3) is 0.471. The van der Waals surface area contributed by atoms with Gasteiger partial charge in [0.25, 0.3) is 11.1 Å². The highest BCUT2D eigenvalue weighted by molar-refractivity contribution is 7.13. The van der Waals surface area contributed by atoms with Gasteiger partial charge in [0.05, 0.1) is 0 Å². The largest absolute Gasteiger partial charge is 0.459 e. The molecule has 1 heterocycles. The first kappa shape index (κ1) is 20.5. The summed E-state index contributed by atoms with van der Waals surface area (Å²) in [4.78, 5) is 14.2. The topological polar surface area (TPSA) is 55.3 Å². The maximum atomic E-state index is 13.0. The van der Waals surface area contributed by atoms with E-state index in [1.165, 1.54) is 0 Å². The molecule has 1 aliphatic rings. The Morgan fingerprint density at radius 3 is 2.65 bits per heavy atom. The van der Waals surface area contributed by atoms with Crippen LogP contribution in [-0.4, -0.2) is 33.7 Å². The van der Waals surface area contributed by atoms with E-state index < -0.39 is 10.4 Å². The molecule has 1 aromatic heterocycles. The summed E-state index contributed by atoms with van der Waals surface area (Å²) in [7, 11) is 0. The van der Waals surface area contributed by atoms with Gasteiger partial charge in [-0.05, 0) is 37.6 Å². The van der Waals surface area contributed by atoms with E-state index in [1.54, 1.807) is 4.90 Å². The van der Waals surface area contributed by atoms with Crippen LogP contribution in [0.2, 0.25) is 0 Å². The number of carbonyl (C=O) groups excluding carboxylic acids is 1. The second kappa shape index (κ2) is 7.84. The fourth-order valence-corrected chi connectivity index (χ4v) is 2.99. The lowest BCUT2D eigenvalue weighted by molar-refractivity contribution is -0.132. The molecular formula is C17H20ClF2N3O2S. The zero-order valence-corrected chi connectivity index (χ0v) is 16.4. The molecule has 0 saturated carbocycles. The first-order valence-corrected chi connectivity index (χ1v) is 9.13. The number of halogens is 3. The summed E-state index contributed by atoms with van der Waals surface area (Å²) in [6, 6.07) is -0.117. The van der Waals surface area contributed by atoms with Gasteiger partial charge >= 0.3 is 5.38 Å². The van der Waals surface area contributed by atoms with Gasteiger partial charge in [-0.15, -0.1) is 5.10 Å². The van der Waals surface area contributed by atoms with Crippen molar-refractivity contribution in [1.82, 2.24) is 15.1 Å². The number of aromatic nitrogens is 2. The Kier molecular flexibility index (Phi) is 6.18. The van der Waals surface area contributed by atoms with Gasteiger partial charge in [-0.1, -0.05) is 48.5 Å². The van der Waals surface area contributed by atoms with Crippen LogP contribution in [0.5, 0.6) is 5.19 Å². The second-order valence-electron chi connectivity index (χ2n) is 6.62. The summed E-state index contributed by atoms with van der Waals surface area (Å²) in [6.07, 6.45) is 9.67. The lowest BCUT2D eigenvalue weighted by atomic mass is 9.93. The number of ether oxygens (including phenoxy) is 1. The van der Waals surface area contributed by atoms with Crippen molar-refractivity contribution < 1.29 is 18.3 Å². The monoisotopic (exact) mass is 403 g/mol. The van der Waals surface area contributed by atoms with Crippen LogP contribution in [0.1, 0.15) is 32.7 Å². The third-order valence-corrected chi connectivity index (χ3v) is 4.70. The Morgan fingerprint density at radius 1 is 1.38 bits per heavy atom. The molecule has 0 aromatic carbocycles. The predicted octanol–water partition coefficient (Wildman–Crippen LogP) is 4.48. The first-order chi connectivity index (χ1) is 12.0. The number of alkyl halides is 3. The summed E-state index contributed by atoms with van der Waals surface area (Å²) < 4.78 is 31.2. The highest BCUT2D eigenvalue weighted by atomic mass is 35.5. The normalized spacial score (nSPS) is 16.4. The predicted molar refractivity (Wildman–Crippen MR) is 97.3 cm³/mol. The second-order valence-corrected chi connectivity index (χ2v) is 8.04. The first-order valence-electron chi connectivity index (χ1n) is 7.94. The molecule has 0 spiro atoms. The molecule has 26 heavy (non-hydrogen) atoms. The van der Waals surface area contributed by atoms with Gasteiger partial charge in [-0.2, -0.15) is 8.78 Å². The zero-order valence-electron chi connectivity index (χ0n) is 14.9. The number of nitrogens with zero attached hydrogens (tertiary/aromatic N) is 3. The Hall–Kier alpha value is -1.80. The highest BCUT2D eigenvalue weighted by Gasteiger charge is 2.33. The van der Waals surface area contributed by atoms with Crippen molar-refractivity contribution in [3.05, 3.63) is 41.1 Å². The maximum absolute atomic E-state index is 13.0. The van der Waals surface area contributed by atoms with Crippen LogP contribution in [0.4, 0.5) is 8.78 Å². The Morgan fingerprint density at radius 2 is 2.08 bits per heavy atom. The lowest BCUT2D eigenvalue weighted by Gasteiger charge is -2.27. The van der Waals surface area contributed by atoms with Gasteiger partial charge in [0.15, 0.2) is 6.61 Å². The van der Waals surface area contributed by atoms with Crippen LogP contribution in [0.3, 0.4) is 0 Å². The quantitative estimate of drug-likeness (QED) is 0.657. The van der Waals surface area contributed by atoms with E-state index in [2.05, 4.69) is 24.0 Å². The molecule has 1 aliphatic carbocycles. The van der Waals surface area contributed by atoms with Gasteiger partial charge < -0.3 is 9.64 Å². The number of hydrogen-bond donors (Lipinski definition) is 0. The minimum atomic E-state index is -3.61. The van der Waals surface area contributed by atoms with E-state index in [0.29, 0.717) is 11.3 Å². The Bertz CT molecular complexity index is 751. The molecule has 9 heteroatoms. The zero-order chi connectivity index (χ0) is 19.5. The minimum absolute atomic E-state index is 0.115. The molecule has 142 valence electrons. The van der Waals surface area contributed by atoms with Gasteiger partial charge in [0, 0.05) is 17.2 Å². The molecule has 0 saturated heterocycles. The van der Waals surface area contributed by atoms with Crippen molar-refractivity contribution in [2.45, 2.75) is 39.1 Å². The van der Waals surface area contributed by atoms with Crippen molar-refractivity contribution in [3.8, 4) is 5.19 Å². The Labute approximate surface area is 160 Å². The molecule has 1 aromatic rings. The van der Waals surface area contributed by atoms with Gasteiger partial charge in [-0.3, -0.25) is 4.79 Å². The smallest absolute Gasteiger partial charge is 0.376 e. The molecule has 1 amide bonds. The third-order valence-electron chi connectivity index (χ3n) is 3.51. The summed E-state index contributed by atoms with van der Waals surface area (Å²) in [5.74, 6) is -0.321. The number of hydrogen-bond acceptors (Lipinski definition) is 5. The third kappa shape index (κ3) is 5.35. The average molecular weight is 404 g/mol. The van der Waals surface area contributed by atoms with E-state index in [9.17, 15) is 13.6 Å². The molecule has 0 atom stereocenters. The minimum Gasteiger partial charge on any atom is -0.459 e. The molecule has 5 nitrogen and oxygen atoms in total. The number of carbonyl (C=O) groups is 1. The van der Waals surface area contributed by atoms with Crippen LogP contribution < -0.4 is 4.74 Å². The SMILES string of the molecule is CC(C)N(C(=O)COc1nnc(C(F)(F)Cl)s1)C1=CC=CC(C)(C)C=C1. The molecule has 2 rings (SSSR count). The lowest BCUT2D eigenvalue weighted by Crippen LogP contribution is -2.38. The summed E-state index contributed by atoms with van der Waals surface area (Å²) in [5, 5.41) is 2.32. The number of rotatable bonds is 6. The standard InChI is InChI=1S/C17H20ClF2N3O2S/c1-11(2)23(12-6-5-8-16(3,4)9-7-12)13(24)10-25-15-22-21-14(26-15)17(18,19)20/h5-9,11H,10H2,1-4H3. The van der Waals surface area contributed by atoms with Gasteiger partial charge in [0.2, 0.25) is 5.01 Å². The van der Waals surface area contributed by atoms with Crippen LogP contribution in [-0.2, 0) is 10.2 Å². The fourth-order valence-electron chi connectivity index (χ4n) is 2.27. The van der Waals surface area contributed by atoms with E-state index in [1.807, 2.05) is 44.2 Å². The van der Waals surface area contributed by atoms with Gasteiger partial charge in [0.1, 0.15) is 0 Å². The van der Waals surface area contributed by atoms with E-state index in [4.69, 9.17) is 16.3 Å². The number of allylic oxidation sites excluding steroid dienone is 5. The molecule has 0 N–H and O–H groups in total. The maximum Gasteiger partial charge on any atom is 0.376 e. The van der Waals surface area contributed by atoms with E-state index in [-0.39, 0.29) is 29.2 Å². The molecule has 0 aliphatic heterocycles. The van der Waals surface area contributed by atoms with E-state index in [0.717, 1.165) is 5.70 Å². The molecule has 0 bridgehead atoms. The van der Waals surface area contributed by atoms with E-state index >= 15 is 0 Å². The van der Waals surface area contributed by atoms with Crippen LogP contribution in [0, 0.1) is 5.41 Å². The van der Waals surface area contributed by atoms with Crippen molar-refractivity contribution >= 4 is 28.8 Å². The number of amides is 1. The Balaban J connectivity index is 2.09. The molecular weight excluding hydrogens is 384 g/mol. The van der Waals surface area contributed by atoms with Crippen molar-refractivity contribution in [3.63, 3.8) is 0 Å². The summed E-state index contributed by atoms with van der Waals surface area (Å²) in [5.41, 5.74) is 0.608.